The van der Waals surface area contributed by atoms with Crippen LogP contribution in [0.15, 0.2) is 236 Å². The van der Waals surface area contributed by atoms with E-state index in [4.69, 9.17) is 27.6 Å². The highest BCUT2D eigenvalue weighted by atomic mass is 16.3. The van der Waals surface area contributed by atoms with Gasteiger partial charge >= 0.3 is 0 Å². The molecule has 0 radical (unpaired) electrons. The standard InChI is InChI=1S/C64H36N2O4/c1-5-25-57-47(13-1)51-21-9-17-43(61(51)67-57)37-29-38(44-18-10-22-52-48-14-2-6-26-58(48)68-62(44)52)32-41(31-37)55-35-56(66-36-65-55)42-33-39(45-19-11-23-53-49-15-3-7-27-59(49)69-63(45)53)30-40(34-42)46-20-12-24-54-50-16-4-8-28-60(50)70-64(46)54/h1-36H. The van der Waals surface area contributed by atoms with Gasteiger partial charge in [0.2, 0.25) is 0 Å². The second-order valence-corrected chi connectivity index (χ2v) is 18.0. The summed E-state index contributed by atoms with van der Waals surface area (Å²) in [4.78, 5) is 10.0. The molecule has 0 atom stereocenters. The van der Waals surface area contributed by atoms with E-state index in [2.05, 4.69) is 164 Å². The third-order valence-corrected chi connectivity index (χ3v) is 14.0. The molecule has 5 heterocycles. The predicted molar refractivity (Wildman–Crippen MR) is 284 cm³/mol. The number of furan rings is 4. The van der Waals surface area contributed by atoms with Gasteiger partial charge in [-0.05, 0) is 89.0 Å². The van der Waals surface area contributed by atoms with E-state index < -0.39 is 0 Å². The molecule has 0 unspecified atom stereocenters. The molecule has 0 spiro atoms. The lowest BCUT2D eigenvalue weighted by atomic mass is 9.92. The maximum Gasteiger partial charge on any atom is 0.143 e. The molecule has 0 fully saturated rings. The van der Waals surface area contributed by atoms with E-state index in [-0.39, 0.29) is 0 Å². The Morgan fingerprint density at radius 2 is 0.486 bits per heavy atom. The summed E-state index contributed by atoms with van der Waals surface area (Å²) in [5.41, 5.74) is 18.0. The van der Waals surface area contributed by atoms with E-state index in [0.717, 1.165) is 155 Å². The van der Waals surface area contributed by atoms with Crippen LogP contribution in [0, 0.1) is 0 Å². The van der Waals surface area contributed by atoms with E-state index in [9.17, 15) is 0 Å². The highest BCUT2D eigenvalue weighted by Crippen LogP contribution is 2.45. The van der Waals surface area contributed by atoms with Crippen molar-refractivity contribution in [2.45, 2.75) is 0 Å². The number of hydrogen-bond acceptors (Lipinski definition) is 6. The van der Waals surface area contributed by atoms with Gasteiger partial charge < -0.3 is 17.7 Å². The summed E-state index contributed by atoms with van der Waals surface area (Å²) in [6.45, 7) is 0. The first kappa shape index (κ1) is 38.6. The van der Waals surface area contributed by atoms with Gasteiger partial charge in [-0.3, -0.25) is 0 Å². The van der Waals surface area contributed by atoms with Crippen LogP contribution >= 0.6 is 0 Å². The van der Waals surface area contributed by atoms with E-state index in [0.29, 0.717) is 0 Å². The smallest absolute Gasteiger partial charge is 0.143 e. The van der Waals surface area contributed by atoms with Crippen molar-refractivity contribution >= 4 is 87.8 Å². The minimum atomic E-state index is 0.771. The molecule has 15 aromatic rings. The van der Waals surface area contributed by atoms with Crippen molar-refractivity contribution in [1.82, 2.24) is 9.97 Å². The summed E-state index contributed by atoms with van der Waals surface area (Å²) in [5, 5.41) is 8.59. The minimum Gasteiger partial charge on any atom is -0.455 e. The summed E-state index contributed by atoms with van der Waals surface area (Å²) in [6.07, 6.45) is 1.67. The molecule has 326 valence electrons. The number of rotatable bonds is 6. The van der Waals surface area contributed by atoms with Crippen molar-refractivity contribution < 1.29 is 17.7 Å². The van der Waals surface area contributed by atoms with Crippen molar-refractivity contribution in [3.8, 4) is 67.0 Å². The Hall–Kier alpha value is -9.52. The Labute approximate surface area is 399 Å². The molecule has 0 N–H and O–H groups in total. The molecular formula is C64H36N2O4. The van der Waals surface area contributed by atoms with Gasteiger partial charge in [-0.1, -0.05) is 146 Å². The van der Waals surface area contributed by atoms with E-state index in [1.54, 1.807) is 6.33 Å². The van der Waals surface area contributed by atoms with Crippen LogP contribution in [0.25, 0.3) is 155 Å². The second-order valence-electron chi connectivity index (χ2n) is 18.0. The fourth-order valence-corrected chi connectivity index (χ4v) is 10.7. The Kier molecular flexibility index (Phi) is 8.26. The summed E-state index contributed by atoms with van der Waals surface area (Å²) in [7, 11) is 0. The van der Waals surface area contributed by atoms with E-state index in [1.165, 1.54) is 0 Å². The lowest BCUT2D eigenvalue weighted by molar-refractivity contribution is 0.669. The zero-order valence-corrected chi connectivity index (χ0v) is 37.3. The van der Waals surface area contributed by atoms with Gasteiger partial charge in [-0.2, -0.15) is 0 Å². The van der Waals surface area contributed by atoms with Crippen LogP contribution in [0.4, 0.5) is 0 Å². The Bertz CT molecular complexity index is 4070. The fraction of sp³-hybridized carbons (Fsp3) is 0. The summed E-state index contributed by atoms with van der Waals surface area (Å²) in [6, 6.07) is 73.8. The van der Waals surface area contributed by atoms with Crippen molar-refractivity contribution in [2.24, 2.45) is 0 Å². The van der Waals surface area contributed by atoms with Crippen molar-refractivity contribution in [1.29, 1.82) is 0 Å². The largest absolute Gasteiger partial charge is 0.455 e. The summed E-state index contributed by atoms with van der Waals surface area (Å²) < 4.78 is 26.6. The first-order chi connectivity index (χ1) is 34.7. The molecule has 70 heavy (non-hydrogen) atoms. The molecule has 0 aliphatic heterocycles. The van der Waals surface area contributed by atoms with Gasteiger partial charge in [-0.25, -0.2) is 9.97 Å². The quantitative estimate of drug-likeness (QED) is 0.165. The number of benzene rings is 10. The van der Waals surface area contributed by atoms with Gasteiger partial charge in [0.15, 0.2) is 0 Å². The zero-order valence-electron chi connectivity index (χ0n) is 37.3. The van der Waals surface area contributed by atoms with Crippen LogP contribution in [0.2, 0.25) is 0 Å². The number of fused-ring (bicyclic) bond motifs is 12. The molecule has 0 saturated carbocycles. The third-order valence-electron chi connectivity index (χ3n) is 14.0. The first-order valence-corrected chi connectivity index (χ1v) is 23.4. The van der Waals surface area contributed by atoms with Crippen LogP contribution in [0.3, 0.4) is 0 Å². The molecule has 0 aliphatic rings. The average molecular weight is 897 g/mol. The normalized spacial score (nSPS) is 12.0. The molecule has 0 amide bonds. The lowest BCUT2D eigenvalue weighted by Gasteiger charge is -2.13. The maximum absolute atomic E-state index is 6.64. The first-order valence-electron chi connectivity index (χ1n) is 23.4. The third kappa shape index (κ3) is 5.93. The molecule has 5 aromatic heterocycles. The maximum atomic E-state index is 6.64. The monoisotopic (exact) mass is 896 g/mol. The zero-order chi connectivity index (χ0) is 45.9. The lowest BCUT2D eigenvalue weighted by Crippen LogP contribution is -1.93. The average Bonchev–Trinajstić information content (AvgIpc) is 4.21. The Morgan fingerprint density at radius 3 is 0.786 bits per heavy atom. The van der Waals surface area contributed by atoms with Gasteiger partial charge in [0, 0.05) is 76.5 Å². The van der Waals surface area contributed by atoms with Gasteiger partial charge in [0.25, 0.3) is 0 Å². The number of para-hydroxylation sites is 8. The van der Waals surface area contributed by atoms with Crippen molar-refractivity contribution in [3.05, 3.63) is 219 Å². The van der Waals surface area contributed by atoms with Crippen LogP contribution in [0.1, 0.15) is 0 Å². The van der Waals surface area contributed by atoms with Gasteiger partial charge in [0.05, 0.1) is 11.4 Å². The Balaban J connectivity index is 0.950. The topological polar surface area (TPSA) is 78.3 Å². The summed E-state index contributed by atoms with van der Waals surface area (Å²) >= 11 is 0. The van der Waals surface area contributed by atoms with Gasteiger partial charge in [-0.15, -0.1) is 0 Å². The van der Waals surface area contributed by atoms with Crippen LogP contribution < -0.4 is 0 Å². The molecule has 0 aliphatic carbocycles. The molecule has 0 saturated heterocycles. The minimum absolute atomic E-state index is 0.771. The molecule has 6 heteroatoms. The molecule has 15 rings (SSSR count). The molecular weight excluding hydrogens is 861 g/mol. The SMILES string of the molecule is c1ccc2c(c1)oc1c(-c3cc(-c4cc(-c5cc(-c6cccc7c6oc6ccccc67)cc(-c6cccc7c6oc6ccccc67)c5)ncn4)cc(-c4cccc5c4oc4ccccc45)c3)cccc12. The fourth-order valence-electron chi connectivity index (χ4n) is 10.7. The van der Waals surface area contributed by atoms with Crippen LogP contribution in [-0.2, 0) is 0 Å². The van der Waals surface area contributed by atoms with E-state index in [1.807, 2.05) is 48.5 Å². The van der Waals surface area contributed by atoms with Crippen molar-refractivity contribution in [3.63, 3.8) is 0 Å². The highest BCUT2D eigenvalue weighted by molar-refractivity contribution is 6.14. The van der Waals surface area contributed by atoms with Gasteiger partial charge in [0.1, 0.15) is 51.0 Å². The Morgan fingerprint density at radius 1 is 0.229 bits per heavy atom. The van der Waals surface area contributed by atoms with Crippen LogP contribution in [-0.4, -0.2) is 9.97 Å². The summed E-state index contributed by atoms with van der Waals surface area (Å²) in [5.74, 6) is 0. The highest BCUT2D eigenvalue weighted by Gasteiger charge is 2.21. The predicted octanol–water partition coefficient (Wildman–Crippen LogP) is 18.1. The number of aromatic nitrogens is 2. The number of hydrogen-bond donors (Lipinski definition) is 0. The van der Waals surface area contributed by atoms with Crippen LogP contribution in [0.5, 0.6) is 0 Å². The molecule has 10 aromatic carbocycles. The van der Waals surface area contributed by atoms with E-state index >= 15 is 0 Å². The second kappa shape index (κ2) is 15.0. The molecule has 6 nitrogen and oxygen atoms in total. The number of nitrogens with zero attached hydrogens (tertiary/aromatic N) is 2. The molecule has 0 bridgehead atoms. The van der Waals surface area contributed by atoms with Crippen molar-refractivity contribution in [2.75, 3.05) is 0 Å².